The first-order chi connectivity index (χ1) is 23.8. The number of ether oxygens (including phenoxy) is 3. The molecule has 4 aromatic rings. The molecule has 8 aliphatic rings. The number of benzene rings is 1. The number of anilines is 1. The Morgan fingerprint density at radius 2 is 2.00 bits per heavy atom. The first-order valence-electron chi connectivity index (χ1n) is 17.4. The molecule has 0 unspecified atom stereocenters. The number of fused-ring (bicyclic) bond motifs is 2. The highest BCUT2D eigenvalue weighted by Crippen LogP contribution is 2.55. The molecule has 6 aliphatic heterocycles. The summed E-state index contributed by atoms with van der Waals surface area (Å²) in [5, 5.41) is 8.82. The van der Waals surface area contributed by atoms with Gasteiger partial charge in [-0.15, -0.1) is 0 Å². The lowest BCUT2D eigenvalue weighted by Crippen LogP contribution is -2.53. The smallest absolute Gasteiger partial charge is 0.461 e. The molecule has 11 nitrogen and oxygen atoms in total. The third kappa shape index (κ3) is 4.78. The van der Waals surface area contributed by atoms with Crippen molar-refractivity contribution in [2.24, 2.45) is 11.3 Å². The second-order valence-corrected chi connectivity index (χ2v) is 15.6. The molecule has 3 saturated heterocycles. The van der Waals surface area contributed by atoms with E-state index in [0.717, 1.165) is 50.6 Å². The zero-order valence-corrected chi connectivity index (χ0v) is 27.6. The summed E-state index contributed by atoms with van der Waals surface area (Å²) >= 11 is 6.92. The van der Waals surface area contributed by atoms with Crippen LogP contribution in [0, 0.1) is 17.2 Å². The van der Waals surface area contributed by atoms with E-state index in [-0.39, 0.29) is 53.8 Å². The first-order valence-corrected chi connectivity index (χ1v) is 17.8. The van der Waals surface area contributed by atoms with E-state index in [0.29, 0.717) is 65.2 Å². The summed E-state index contributed by atoms with van der Waals surface area (Å²) < 4.78 is 49.5. The molecule has 3 aromatic heterocycles. The SMILES string of the molecule is O=C1OC[C@H]2C[C@H]2c2c(Cl)cc3[nH]ncc3c2-c2ncc3c(nc(OC[C@@]45CCCN4C[C@H](F)C5)nc3c2F)N2CCCC3(CC(C3)O1)C2. The largest absolute Gasteiger partial charge is 0.508 e. The van der Waals surface area contributed by atoms with Crippen molar-refractivity contribution in [3.05, 3.63) is 34.9 Å². The molecule has 9 heterocycles. The number of nitrogens with one attached hydrogen (secondary N) is 1. The van der Waals surface area contributed by atoms with Crippen molar-refractivity contribution >= 4 is 45.4 Å². The van der Waals surface area contributed by atoms with Crippen LogP contribution < -0.4 is 9.64 Å². The maximum Gasteiger partial charge on any atom is 0.508 e. The monoisotopic (exact) mass is 691 g/mol. The van der Waals surface area contributed by atoms with E-state index < -0.39 is 23.7 Å². The number of aromatic nitrogens is 5. The lowest BCUT2D eigenvalue weighted by molar-refractivity contribution is -0.0726. The lowest BCUT2D eigenvalue weighted by atomic mass is 9.62. The molecule has 7 bridgehead atoms. The molecule has 1 N–H and O–H groups in total. The minimum Gasteiger partial charge on any atom is -0.461 e. The van der Waals surface area contributed by atoms with E-state index in [1.54, 1.807) is 18.5 Å². The van der Waals surface area contributed by atoms with Crippen LogP contribution in [-0.4, -0.2) is 93.4 Å². The number of alkyl halides is 1. The molecule has 5 fully saturated rings. The van der Waals surface area contributed by atoms with Crippen molar-refractivity contribution in [1.82, 2.24) is 30.0 Å². The predicted molar refractivity (Wildman–Crippen MR) is 176 cm³/mol. The van der Waals surface area contributed by atoms with Gasteiger partial charge in [0.1, 0.15) is 35.9 Å². The number of hydrogen-bond acceptors (Lipinski definition) is 10. The third-order valence-electron chi connectivity index (χ3n) is 12.1. The van der Waals surface area contributed by atoms with Gasteiger partial charge in [0, 0.05) is 54.1 Å². The van der Waals surface area contributed by atoms with Crippen LogP contribution >= 0.6 is 11.6 Å². The Bertz CT molecular complexity index is 2020. The van der Waals surface area contributed by atoms with Gasteiger partial charge in [0.25, 0.3) is 0 Å². The van der Waals surface area contributed by atoms with Crippen molar-refractivity contribution in [2.75, 3.05) is 44.3 Å². The van der Waals surface area contributed by atoms with Crippen LogP contribution in [0.15, 0.2) is 18.5 Å². The summed E-state index contributed by atoms with van der Waals surface area (Å²) in [5.41, 5.74) is 1.66. The maximum atomic E-state index is 17.3. The van der Waals surface area contributed by atoms with Gasteiger partial charge in [-0.25, -0.2) is 13.6 Å². The quantitative estimate of drug-likeness (QED) is 0.244. The summed E-state index contributed by atoms with van der Waals surface area (Å²) in [4.78, 5) is 31.5. The van der Waals surface area contributed by atoms with Crippen LogP contribution in [0.1, 0.15) is 62.8 Å². The molecule has 256 valence electrons. The highest BCUT2D eigenvalue weighted by molar-refractivity contribution is 6.33. The molecule has 1 spiro atoms. The summed E-state index contributed by atoms with van der Waals surface area (Å²) in [6.07, 6.45) is 7.81. The number of nitrogens with zero attached hydrogens (tertiary/aromatic N) is 6. The van der Waals surface area contributed by atoms with Gasteiger partial charge < -0.3 is 19.1 Å². The normalized spacial score (nSPS) is 32.2. The molecule has 2 saturated carbocycles. The first kappa shape index (κ1) is 30.0. The van der Waals surface area contributed by atoms with Crippen molar-refractivity contribution in [2.45, 2.75) is 75.1 Å². The summed E-state index contributed by atoms with van der Waals surface area (Å²) in [7, 11) is 0. The molecule has 14 heteroatoms. The number of carbonyl (C=O) groups excluding carboxylic acids is 1. The number of aromatic amines is 1. The third-order valence-corrected chi connectivity index (χ3v) is 12.4. The van der Waals surface area contributed by atoms with Crippen molar-refractivity contribution in [3.63, 3.8) is 0 Å². The molecular weight excluding hydrogens is 656 g/mol. The predicted octanol–water partition coefficient (Wildman–Crippen LogP) is 6.34. The Labute approximate surface area is 285 Å². The molecule has 12 rings (SSSR count). The van der Waals surface area contributed by atoms with Gasteiger partial charge in [-0.05, 0) is 74.5 Å². The van der Waals surface area contributed by atoms with Crippen molar-refractivity contribution in [3.8, 4) is 17.3 Å². The van der Waals surface area contributed by atoms with E-state index in [1.165, 1.54) is 0 Å². The number of halogens is 3. The fraction of sp³-hybridized carbons (Fsp3) is 0.571. The molecular formula is C35H36ClF2N7O4. The fourth-order valence-corrected chi connectivity index (χ4v) is 10.0. The van der Waals surface area contributed by atoms with Gasteiger partial charge in [0.2, 0.25) is 0 Å². The van der Waals surface area contributed by atoms with Crippen LogP contribution in [0.25, 0.3) is 33.1 Å². The standard InChI is InChI=1S/C35H36ClF2N7O4/c36-24-8-25-22(13-40-43-25)27-26(24)21-7-18(21)15-47-33(46)49-20-10-34(11-20)3-1-5-44(16-34)31-23-12-39-30(27)28(38)29(23)41-32(42-31)48-17-35-4-2-6-45(35)14-19(37)9-35/h8,12-13,18-21H,1-7,9-11,14-17H2,(H,40,43)/t18-,19-,20?,21-,34?,35+/m1/s1. The summed E-state index contributed by atoms with van der Waals surface area (Å²) in [6.45, 7) is 3.03. The molecule has 2 aliphatic carbocycles. The van der Waals surface area contributed by atoms with Crippen LogP contribution in [-0.2, 0) is 9.47 Å². The van der Waals surface area contributed by atoms with Gasteiger partial charge in [0.15, 0.2) is 5.82 Å². The highest BCUT2D eigenvalue weighted by atomic mass is 35.5. The van der Waals surface area contributed by atoms with E-state index >= 15 is 4.39 Å². The van der Waals surface area contributed by atoms with Gasteiger partial charge in [-0.1, -0.05) is 11.6 Å². The van der Waals surface area contributed by atoms with E-state index in [1.807, 2.05) is 0 Å². The second-order valence-electron chi connectivity index (χ2n) is 15.2. The lowest BCUT2D eigenvalue weighted by Gasteiger charge is -2.52. The maximum absolute atomic E-state index is 17.3. The van der Waals surface area contributed by atoms with E-state index in [9.17, 15) is 9.18 Å². The average Bonchev–Trinajstić information content (AvgIpc) is 3.31. The Balaban J connectivity index is 1.13. The van der Waals surface area contributed by atoms with Crippen LogP contribution in [0.2, 0.25) is 5.02 Å². The molecule has 1 aromatic carbocycles. The number of hydrogen-bond donors (Lipinski definition) is 1. The van der Waals surface area contributed by atoms with Gasteiger partial charge in [-0.2, -0.15) is 15.1 Å². The minimum atomic E-state index is -0.900. The van der Waals surface area contributed by atoms with Crippen LogP contribution in [0.5, 0.6) is 6.01 Å². The zero-order valence-electron chi connectivity index (χ0n) is 26.9. The molecule has 0 radical (unpaired) electrons. The number of rotatable bonds is 3. The number of H-pyrrole nitrogens is 1. The fourth-order valence-electron chi connectivity index (χ4n) is 9.68. The number of piperidine rings is 1. The van der Waals surface area contributed by atoms with Gasteiger partial charge >= 0.3 is 12.2 Å². The molecule has 4 atom stereocenters. The molecule has 0 amide bonds. The van der Waals surface area contributed by atoms with Crippen molar-refractivity contribution in [1.29, 1.82) is 0 Å². The van der Waals surface area contributed by atoms with E-state index in [2.05, 4.69) is 20.0 Å². The summed E-state index contributed by atoms with van der Waals surface area (Å²) in [6, 6.07) is 1.86. The van der Waals surface area contributed by atoms with Gasteiger partial charge in [0.05, 0.1) is 29.2 Å². The molecule has 49 heavy (non-hydrogen) atoms. The Kier molecular flexibility index (Phi) is 6.63. The number of carbonyl (C=O) groups is 1. The van der Waals surface area contributed by atoms with Crippen LogP contribution in [0.4, 0.5) is 19.4 Å². The highest BCUT2D eigenvalue weighted by Gasteiger charge is 2.51. The Hall–Kier alpha value is -3.84. The summed E-state index contributed by atoms with van der Waals surface area (Å²) in [5.74, 6) is -0.129. The zero-order chi connectivity index (χ0) is 33.1. The van der Waals surface area contributed by atoms with Crippen LogP contribution in [0.3, 0.4) is 0 Å². The average molecular weight is 692 g/mol. The van der Waals surface area contributed by atoms with E-state index in [4.69, 9.17) is 40.8 Å². The Morgan fingerprint density at radius 1 is 1.12 bits per heavy atom. The van der Waals surface area contributed by atoms with Gasteiger partial charge in [-0.3, -0.25) is 15.0 Å². The number of pyridine rings is 1. The van der Waals surface area contributed by atoms with Crippen molar-refractivity contribution < 1.29 is 27.8 Å². The Morgan fingerprint density at radius 3 is 2.90 bits per heavy atom. The topological polar surface area (TPSA) is 119 Å². The minimum absolute atomic E-state index is 0.00171. The second kappa shape index (κ2) is 10.8.